The average molecular weight is 400 g/mol. The minimum absolute atomic E-state index is 0.0618. The van der Waals surface area contributed by atoms with Crippen LogP contribution in [0.1, 0.15) is 31.7 Å². The number of carbonyl (C=O) groups excluding carboxylic acids is 1. The van der Waals surface area contributed by atoms with Gasteiger partial charge < -0.3 is 10.1 Å². The minimum Gasteiger partial charge on any atom is -0.481 e. The van der Waals surface area contributed by atoms with Crippen LogP contribution in [0, 0.1) is 11.2 Å². The Morgan fingerprint density at radius 2 is 2.13 bits per heavy atom. The first kappa shape index (κ1) is 17.9. The van der Waals surface area contributed by atoms with Crippen LogP contribution in [0.2, 0.25) is 0 Å². The second-order valence-corrected chi connectivity index (χ2v) is 8.14. The Hall–Kier alpha value is -1.40. The van der Waals surface area contributed by atoms with Gasteiger partial charge in [0.2, 0.25) is 0 Å². The van der Waals surface area contributed by atoms with Gasteiger partial charge in [-0.15, -0.1) is 11.3 Å². The predicted molar refractivity (Wildman–Crippen MR) is 94.3 cm³/mol. The third kappa shape index (κ3) is 5.04. The van der Waals surface area contributed by atoms with Gasteiger partial charge in [0.15, 0.2) is 18.2 Å². The van der Waals surface area contributed by atoms with Crippen molar-refractivity contribution in [3.63, 3.8) is 0 Å². The van der Waals surface area contributed by atoms with E-state index in [0.717, 1.165) is 4.88 Å². The number of amides is 1. The molecule has 0 radical (unpaired) electrons. The first-order valence-corrected chi connectivity index (χ1v) is 8.85. The summed E-state index contributed by atoms with van der Waals surface area (Å²) in [6.07, 6.45) is 0. The van der Waals surface area contributed by atoms with Gasteiger partial charge in [-0.05, 0) is 35.1 Å². The number of benzene rings is 1. The fourth-order valence-corrected chi connectivity index (χ4v) is 3.46. The summed E-state index contributed by atoms with van der Waals surface area (Å²) >= 11 is 4.78. The maximum Gasteiger partial charge on any atom is 0.258 e. The number of rotatable bonds is 5. The fraction of sp³-hybridized carbons (Fsp3) is 0.353. The number of hydrogen-bond donors (Lipinski definition) is 1. The highest BCUT2D eigenvalue weighted by Crippen LogP contribution is 2.35. The Morgan fingerprint density at radius 3 is 2.70 bits per heavy atom. The lowest BCUT2D eigenvalue weighted by Gasteiger charge is -2.30. The van der Waals surface area contributed by atoms with Crippen molar-refractivity contribution in [1.29, 1.82) is 0 Å². The molecule has 0 fully saturated rings. The number of ether oxygens (including phenoxy) is 1. The maximum atomic E-state index is 13.7. The molecular weight excluding hydrogens is 381 g/mol. The van der Waals surface area contributed by atoms with Crippen molar-refractivity contribution < 1.29 is 13.9 Å². The van der Waals surface area contributed by atoms with Crippen LogP contribution < -0.4 is 10.1 Å². The standard InChI is InChI=1S/C17H19BrFNO2S/c1-17(2,3)16(14-5-4-8-23-14)20-15(21)10-22-13-7-6-11(18)9-12(13)19/h4-9,16H,10H2,1-3H3,(H,20,21)/t16-/m0/s1. The van der Waals surface area contributed by atoms with Crippen molar-refractivity contribution in [2.75, 3.05) is 6.61 Å². The van der Waals surface area contributed by atoms with E-state index in [1.165, 1.54) is 12.1 Å². The third-order valence-corrected chi connectivity index (χ3v) is 4.68. The molecule has 0 saturated carbocycles. The van der Waals surface area contributed by atoms with Crippen LogP contribution in [0.4, 0.5) is 4.39 Å². The highest BCUT2D eigenvalue weighted by Gasteiger charge is 2.28. The van der Waals surface area contributed by atoms with Gasteiger partial charge in [0.1, 0.15) is 0 Å². The lowest BCUT2D eigenvalue weighted by atomic mass is 9.86. The van der Waals surface area contributed by atoms with E-state index in [1.807, 2.05) is 17.5 Å². The SMILES string of the molecule is CC(C)(C)[C@@H](NC(=O)COc1ccc(Br)cc1F)c1cccs1. The molecule has 1 N–H and O–H groups in total. The topological polar surface area (TPSA) is 38.3 Å². The lowest BCUT2D eigenvalue weighted by molar-refractivity contribution is -0.124. The van der Waals surface area contributed by atoms with E-state index < -0.39 is 5.82 Å². The van der Waals surface area contributed by atoms with Gasteiger partial charge in [-0.25, -0.2) is 4.39 Å². The van der Waals surface area contributed by atoms with E-state index >= 15 is 0 Å². The van der Waals surface area contributed by atoms with Crippen LogP contribution in [-0.4, -0.2) is 12.5 Å². The summed E-state index contributed by atoms with van der Waals surface area (Å²) in [5.41, 5.74) is -0.136. The van der Waals surface area contributed by atoms with E-state index in [1.54, 1.807) is 17.4 Å². The Labute approximate surface area is 148 Å². The summed E-state index contributed by atoms with van der Waals surface area (Å²) in [5, 5.41) is 4.96. The van der Waals surface area contributed by atoms with E-state index in [0.29, 0.717) is 4.47 Å². The zero-order chi connectivity index (χ0) is 17.0. The highest BCUT2D eigenvalue weighted by atomic mass is 79.9. The monoisotopic (exact) mass is 399 g/mol. The molecule has 0 unspecified atom stereocenters. The molecule has 23 heavy (non-hydrogen) atoms. The summed E-state index contributed by atoms with van der Waals surface area (Å²) in [6.45, 7) is 5.96. The van der Waals surface area contributed by atoms with Gasteiger partial charge in [0.05, 0.1) is 6.04 Å². The first-order valence-electron chi connectivity index (χ1n) is 7.18. The smallest absolute Gasteiger partial charge is 0.258 e. The van der Waals surface area contributed by atoms with Crippen molar-refractivity contribution in [2.45, 2.75) is 26.8 Å². The molecule has 0 saturated heterocycles. The molecule has 0 spiro atoms. The molecule has 1 atom stereocenters. The van der Waals surface area contributed by atoms with Gasteiger partial charge in [-0.3, -0.25) is 4.79 Å². The number of hydrogen-bond acceptors (Lipinski definition) is 3. The van der Waals surface area contributed by atoms with E-state index in [2.05, 4.69) is 42.0 Å². The Morgan fingerprint density at radius 1 is 1.39 bits per heavy atom. The van der Waals surface area contributed by atoms with Crippen LogP contribution >= 0.6 is 27.3 Å². The molecule has 3 nitrogen and oxygen atoms in total. The predicted octanol–water partition coefficient (Wildman–Crippen LogP) is 4.93. The van der Waals surface area contributed by atoms with Crippen LogP contribution in [0.3, 0.4) is 0 Å². The molecule has 124 valence electrons. The minimum atomic E-state index is -0.502. The molecule has 6 heteroatoms. The first-order chi connectivity index (χ1) is 10.8. The van der Waals surface area contributed by atoms with Crippen molar-refractivity contribution >= 4 is 33.2 Å². The molecule has 1 heterocycles. The molecule has 0 aliphatic heterocycles. The van der Waals surface area contributed by atoms with Gasteiger partial charge >= 0.3 is 0 Å². The average Bonchev–Trinajstić information content (AvgIpc) is 2.96. The van der Waals surface area contributed by atoms with Crippen molar-refractivity contribution in [3.05, 3.63) is 50.9 Å². The van der Waals surface area contributed by atoms with Gasteiger partial charge in [-0.1, -0.05) is 42.8 Å². The summed E-state index contributed by atoms with van der Waals surface area (Å²) in [6, 6.07) is 8.30. The summed E-state index contributed by atoms with van der Waals surface area (Å²) in [7, 11) is 0. The fourth-order valence-electron chi connectivity index (χ4n) is 2.11. The van der Waals surface area contributed by atoms with Crippen molar-refractivity contribution in [1.82, 2.24) is 5.32 Å². The van der Waals surface area contributed by atoms with E-state index in [-0.39, 0.29) is 29.7 Å². The second kappa shape index (κ2) is 7.45. The van der Waals surface area contributed by atoms with Crippen molar-refractivity contribution in [2.24, 2.45) is 5.41 Å². The molecule has 1 aromatic heterocycles. The molecule has 0 aliphatic carbocycles. The molecule has 1 aromatic carbocycles. The van der Waals surface area contributed by atoms with Crippen LogP contribution in [0.15, 0.2) is 40.2 Å². The van der Waals surface area contributed by atoms with E-state index in [9.17, 15) is 9.18 Å². The van der Waals surface area contributed by atoms with Gasteiger partial charge in [-0.2, -0.15) is 0 Å². The molecule has 0 bridgehead atoms. The van der Waals surface area contributed by atoms with Crippen LogP contribution in [0.5, 0.6) is 5.75 Å². The van der Waals surface area contributed by atoms with Gasteiger partial charge in [0.25, 0.3) is 5.91 Å². The maximum absolute atomic E-state index is 13.7. The summed E-state index contributed by atoms with van der Waals surface area (Å²) in [4.78, 5) is 13.3. The Kier molecular flexibility index (Phi) is 5.81. The summed E-state index contributed by atoms with van der Waals surface area (Å²) in [5.74, 6) is -0.717. The van der Waals surface area contributed by atoms with E-state index in [4.69, 9.17) is 4.74 Å². The number of halogens is 2. The van der Waals surface area contributed by atoms with Crippen molar-refractivity contribution in [3.8, 4) is 5.75 Å². The number of carbonyl (C=O) groups is 1. The van der Waals surface area contributed by atoms with Gasteiger partial charge in [0, 0.05) is 9.35 Å². The Bertz CT molecular complexity index is 668. The molecular formula is C17H19BrFNO2S. The largest absolute Gasteiger partial charge is 0.481 e. The normalized spacial score (nSPS) is 12.7. The van der Waals surface area contributed by atoms with Crippen LogP contribution in [0.25, 0.3) is 0 Å². The molecule has 2 rings (SSSR count). The number of nitrogens with one attached hydrogen (secondary N) is 1. The summed E-state index contributed by atoms with van der Waals surface area (Å²) < 4.78 is 19.6. The zero-order valence-corrected chi connectivity index (χ0v) is 15.6. The highest BCUT2D eigenvalue weighted by molar-refractivity contribution is 9.10. The number of thiophene rings is 1. The van der Waals surface area contributed by atoms with Crippen LogP contribution in [-0.2, 0) is 4.79 Å². The molecule has 0 aliphatic rings. The molecule has 2 aromatic rings. The zero-order valence-electron chi connectivity index (χ0n) is 13.2. The quantitative estimate of drug-likeness (QED) is 0.773. The second-order valence-electron chi connectivity index (χ2n) is 6.25. The third-order valence-electron chi connectivity index (χ3n) is 3.25. The lowest BCUT2D eigenvalue weighted by Crippen LogP contribution is -2.38. The Balaban J connectivity index is 2.00. The molecule has 1 amide bonds.